The molecule has 0 radical (unpaired) electrons. The van der Waals surface area contributed by atoms with Crippen molar-refractivity contribution >= 4 is 11.7 Å². The van der Waals surface area contributed by atoms with Gasteiger partial charge in [-0.25, -0.2) is 9.97 Å². The first-order valence-corrected chi connectivity index (χ1v) is 9.27. The third-order valence-corrected chi connectivity index (χ3v) is 5.03. The number of nitrogens with zero attached hydrogens (tertiary/aromatic N) is 4. The van der Waals surface area contributed by atoms with Crippen LogP contribution in [0.3, 0.4) is 0 Å². The lowest BCUT2D eigenvalue weighted by molar-refractivity contribution is -0.141. The van der Waals surface area contributed by atoms with Crippen LogP contribution in [0.2, 0.25) is 0 Å². The zero-order valence-corrected chi connectivity index (χ0v) is 15.1. The van der Waals surface area contributed by atoms with E-state index in [2.05, 4.69) is 30.4 Å². The molecule has 0 aliphatic carbocycles. The fraction of sp³-hybridized carbons (Fsp3) is 0.706. The Kier molecular flexibility index (Phi) is 6.48. The number of aromatic nitrogens is 2. The number of alkyl halides is 3. The van der Waals surface area contributed by atoms with Gasteiger partial charge in [-0.1, -0.05) is 0 Å². The number of carbonyl (C=O) groups excluding carboxylic acids is 1. The topological polar surface area (TPSA) is 73.4 Å². The number of nitrogens with one attached hydrogen (secondary N) is 2. The lowest BCUT2D eigenvalue weighted by Gasteiger charge is -2.33. The fourth-order valence-corrected chi connectivity index (χ4v) is 3.42. The lowest BCUT2D eigenvalue weighted by atomic mass is 10.1. The van der Waals surface area contributed by atoms with Crippen LogP contribution < -0.4 is 10.6 Å². The molecule has 2 N–H and O–H groups in total. The standard InChI is InChI=1S/C17H25F3N6O/c18-17(19,20)14-11-15(23-12-22-14)24-13-1-5-25(6-2-13)9-10-26-7-3-16(27)21-4-8-26/h11-13H,1-10H2,(H,21,27)(H,22,23,24). The minimum atomic E-state index is -4.46. The van der Waals surface area contributed by atoms with Gasteiger partial charge in [0.1, 0.15) is 17.8 Å². The van der Waals surface area contributed by atoms with Gasteiger partial charge in [0.25, 0.3) is 0 Å². The first kappa shape index (κ1) is 19.8. The van der Waals surface area contributed by atoms with Gasteiger partial charge < -0.3 is 15.5 Å². The van der Waals surface area contributed by atoms with E-state index in [1.807, 2.05) is 0 Å². The third kappa shape index (κ3) is 6.03. The smallest absolute Gasteiger partial charge is 0.367 e. The Hall–Kier alpha value is -1.94. The summed E-state index contributed by atoms with van der Waals surface area (Å²) in [5.41, 5.74) is -0.928. The summed E-state index contributed by atoms with van der Waals surface area (Å²) in [4.78, 5) is 23.2. The van der Waals surface area contributed by atoms with E-state index in [0.29, 0.717) is 13.0 Å². The maximum absolute atomic E-state index is 12.7. The molecule has 1 aromatic rings. The molecule has 0 unspecified atom stereocenters. The van der Waals surface area contributed by atoms with E-state index in [1.165, 1.54) is 0 Å². The van der Waals surface area contributed by atoms with Gasteiger partial charge in [-0.15, -0.1) is 0 Å². The van der Waals surface area contributed by atoms with E-state index in [-0.39, 0.29) is 17.8 Å². The zero-order valence-electron chi connectivity index (χ0n) is 15.1. The van der Waals surface area contributed by atoms with Gasteiger partial charge in [0.15, 0.2) is 0 Å². The van der Waals surface area contributed by atoms with Gasteiger partial charge >= 0.3 is 6.18 Å². The molecule has 0 saturated carbocycles. The minimum Gasteiger partial charge on any atom is -0.367 e. The van der Waals surface area contributed by atoms with Crippen molar-refractivity contribution in [2.75, 3.05) is 51.1 Å². The number of amides is 1. The molecule has 3 rings (SSSR count). The number of halogens is 3. The highest BCUT2D eigenvalue weighted by Crippen LogP contribution is 2.28. The van der Waals surface area contributed by atoms with Gasteiger partial charge in [-0.05, 0) is 12.8 Å². The Balaban J connectivity index is 1.41. The second-order valence-corrected chi connectivity index (χ2v) is 6.99. The van der Waals surface area contributed by atoms with Gasteiger partial charge in [0.05, 0.1) is 0 Å². The molecule has 1 aromatic heterocycles. The predicted octanol–water partition coefficient (Wildman–Crippen LogP) is 1.19. The average molecular weight is 386 g/mol. The molecule has 7 nitrogen and oxygen atoms in total. The highest BCUT2D eigenvalue weighted by molar-refractivity contribution is 5.76. The molecule has 1 amide bonds. The molecule has 3 heterocycles. The molecule has 0 spiro atoms. The van der Waals surface area contributed by atoms with Crippen LogP contribution >= 0.6 is 0 Å². The van der Waals surface area contributed by atoms with Crippen LogP contribution in [-0.2, 0) is 11.0 Å². The number of piperidine rings is 1. The van der Waals surface area contributed by atoms with Crippen LogP contribution in [0.4, 0.5) is 19.0 Å². The first-order chi connectivity index (χ1) is 12.9. The molecular formula is C17H25F3N6O. The highest BCUT2D eigenvalue weighted by atomic mass is 19.4. The number of likely N-dealkylation sites (tertiary alicyclic amines) is 1. The largest absolute Gasteiger partial charge is 0.433 e. The molecule has 10 heteroatoms. The predicted molar refractivity (Wildman–Crippen MR) is 94.2 cm³/mol. The number of anilines is 1. The summed E-state index contributed by atoms with van der Waals surface area (Å²) >= 11 is 0. The summed E-state index contributed by atoms with van der Waals surface area (Å²) in [5, 5.41) is 5.97. The van der Waals surface area contributed by atoms with E-state index >= 15 is 0 Å². The molecule has 0 atom stereocenters. The fourth-order valence-electron chi connectivity index (χ4n) is 3.42. The highest BCUT2D eigenvalue weighted by Gasteiger charge is 2.33. The number of carbonyl (C=O) groups is 1. The van der Waals surface area contributed by atoms with Crippen molar-refractivity contribution in [2.45, 2.75) is 31.5 Å². The van der Waals surface area contributed by atoms with Gasteiger partial charge in [-0.2, -0.15) is 13.2 Å². The Bertz CT molecular complexity index is 633. The van der Waals surface area contributed by atoms with E-state index in [1.54, 1.807) is 0 Å². The molecule has 0 aromatic carbocycles. The van der Waals surface area contributed by atoms with Gasteiger partial charge in [0.2, 0.25) is 5.91 Å². The monoisotopic (exact) mass is 386 g/mol. The van der Waals surface area contributed by atoms with Crippen molar-refractivity contribution in [3.63, 3.8) is 0 Å². The van der Waals surface area contributed by atoms with Crippen molar-refractivity contribution in [3.05, 3.63) is 18.1 Å². The summed E-state index contributed by atoms with van der Waals surface area (Å²) < 4.78 is 38.2. The Morgan fingerprint density at radius 3 is 2.52 bits per heavy atom. The summed E-state index contributed by atoms with van der Waals surface area (Å²) in [6.45, 7) is 6.00. The second-order valence-electron chi connectivity index (χ2n) is 6.99. The maximum atomic E-state index is 12.7. The van der Waals surface area contributed by atoms with Crippen LogP contribution in [0.5, 0.6) is 0 Å². The van der Waals surface area contributed by atoms with Crippen LogP contribution in [-0.4, -0.2) is 77.5 Å². The number of hydrogen-bond acceptors (Lipinski definition) is 6. The third-order valence-electron chi connectivity index (χ3n) is 5.03. The number of rotatable bonds is 5. The van der Waals surface area contributed by atoms with E-state index in [9.17, 15) is 18.0 Å². The maximum Gasteiger partial charge on any atom is 0.433 e. The Labute approximate surface area is 156 Å². The molecular weight excluding hydrogens is 361 g/mol. The molecule has 0 bridgehead atoms. The van der Waals surface area contributed by atoms with Crippen LogP contribution in [0.1, 0.15) is 25.0 Å². The summed E-state index contributed by atoms with van der Waals surface area (Å²) in [5.74, 6) is 0.334. The molecule has 2 aliphatic heterocycles. The van der Waals surface area contributed by atoms with E-state index in [4.69, 9.17) is 0 Å². The Morgan fingerprint density at radius 1 is 1.11 bits per heavy atom. The van der Waals surface area contributed by atoms with Crippen LogP contribution in [0, 0.1) is 0 Å². The quantitative estimate of drug-likeness (QED) is 0.792. The van der Waals surface area contributed by atoms with Crippen molar-refractivity contribution in [3.8, 4) is 0 Å². The molecule has 2 saturated heterocycles. The number of hydrogen-bond donors (Lipinski definition) is 2. The summed E-state index contributed by atoms with van der Waals surface area (Å²) in [6, 6.07) is 1.07. The zero-order chi connectivity index (χ0) is 19.3. The van der Waals surface area contributed by atoms with Gasteiger partial charge in [0, 0.05) is 64.3 Å². The SMILES string of the molecule is O=C1CCN(CCN2CCC(Nc3cc(C(F)(F)F)ncn3)CC2)CCN1. The van der Waals surface area contributed by atoms with Gasteiger partial charge in [-0.3, -0.25) is 9.69 Å². The van der Waals surface area contributed by atoms with E-state index < -0.39 is 11.9 Å². The van der Waals surface area contributed by atoms with Crippen LogP contribution in [0.25, 0.3) is 0 Å². The Morgan fingerprint density at radius 2 is 1.81 bits per heavy atom. The van der Waals surface area contributed by atoms with Crippen LogP contribution in [0.15, 0.2) is 12.4 Å². The molecule has 150 valence electrons. The average Bonchev–Trinajstić information content (AvgIpc) is 2.85. The van der Waals surface area contributed by atoms with Crippen molar-refractivity contribution in [1.82, 2.24) is 25.1 Å². The lowest BCUT2D eigenvalue weighted by Crippen LogP contribution is -2.43. The molecule has 27 heavy (non-hydrogen) atoms. The summed E-state index contributed by atoms with van der Waals surface area (Å²) in [6.07, 6.45) is -1.26. The minimum absolute atomic E-state index is 0.109. The molecule has 2 aliphatic rings. The van der Waals surface area contributed by atoms with E-state index in [0.717, 1.165) is 64.5 Å². The summed E-state index contributed by atoms with van der Waals surface area (Å²) in [7, 11) is 0. The first-order valence-electron chi connectivity index (χ1n) is 9.27. The molecule has 2 fully saturated rings. The normalized spacial score (nSPS) is 20.9. The van der Waals surface area contributed by atoms with Crippen molar-refractivity contribution in [1.29, 1.82) is 0 Å². The van der Waals surface area contributed by atoms with Crippen molar-refractivity contribution < 1.29 is 18.0 Å². The second kappa shape index (κ2) is 8.83. The van der Waals surface area contributed by atoms with Crippen molar-refractivity contribution in [2.24, 2.45) is 0 Å².